The fourth-order valence-corrected chi connectivity index (χ4v) is 3.20. The Morgan fingerprint density at radius 3 is 2.04 bits per heavy atom. The summed E-state index contributed by atoms with van der Waals surface area (Å²) in [5.74, 6) is 1.34. The second kappa shape index (κ2) is 6.49. The van der Waals surface area contributed by atoms with Crippen molar-refractivity contribution in [3.05, 3.63) is 72.3 Å². The predicted molar refractivity (Wildman–Crippen MR) is 99.0 cm³/mol. The third kappa shape index (κ3) is 2.81. The molecule has 4 heteroatoms. The van der Waals surface area contributed by atoms with Gasteiger partial charge < -0.3 is 19.1 Å². The Hall–Kier alpha value is -2.98. The zero-order valence-corrected chi connectivity index (χ0v) is 14.0. The van der Waals surface area contributed by atoms with Crippen LogP contribution < -0.4 is 9.47 Å². The van der Waals surface area contributed by atoms with E-state index in [1.807, 2.05) is 24.3 Å². The fourth-order valence-electron chi connectivity index (χ4n) is 3.20. The van der Waals surface area contributed by atoms with Crippen LogP contribution in [0.5, 0.6) is 11.5 Å². The number of aliphatic hydroxyl groups is 1. The SMILES string of the molecule is COc1cc(CO)cc(OCn2c3ccccc3c3ccccc32)c1. The molecule has 0 saturated carbocycles. The number of nitrogens with zero attached hydrogens (tertiary/aromatic N) is 1. The van der Waals surface area contributed by atoms with Gasteiger partial charge in [0.05, 0.1) is 24.8 Å². The molecule has 4 aromatic rings. The average Bonchev–Trinajstić information content (AvgIpc) is 3.00. The van der Waals surface area contributed by atoms with Gasteiger partial charge >= 0.3 is 0 Å². The maximum atomic E-state index is 9.40. The van der Waals surface area contributed by atoms with Gasteiger partial charge in [-0.05, 0) is 29.8 Å². The molecule has 25 heavy (non-hydrogen) atoms. The fraction of sp³-hybridized carbons (Fsp3) is 0.143. The highest BCUT2D eigenvalue weighted by atomic mass is 16.5. The van der Waals surface area contributed by atoms with E-state index in [2.05, 4.69) is 41.0 Å². The van der Waals surface area contributed by atoms with E-state index < -0.39 is 0 Å². The number of benzene rings is 3. The van der Waals surface area contributed by atoms with Gasteiger partial charge in [0.25, 0.3) is 0 Å². The molecule has 1 N–H and O–H groups in total. The Labute approximate surface area is 145 Å². The van der Waals surface area contributed by atoms with Gasteiger partial charge in [-0.2, -0.15) is 0 Å². The Kier molecular flexibility index (Phi) is 4.04. The summed E-state index contributed by atoms with van der Waals surface area (Å²) in [7, 11) is 1.60. The zero-order chi connectivity index (χ0) is 17.2. The summed E-state index contributed by atoms with van der Waals surface area (Å²) in [5.41, 5.74) is 3.03. The number of rotatable bonds is 5. The summed E-state index contributed by atoms with van der Waals surface area (Å²) in [6, 6.07) is 22.1. The highest BCUT2D eigenvalue weighted by Crippen LogP contribution is 2.29. The van der Waals surface area contributed by atoms with E-state index in [4.69, 9.17) is 9.47 Å². The minimum atomic E-state index is -0.0526. The molecule has 3 aromatic carbocycles. The molecule has 4 rings (SSSR count). The van der Waals surface area contributed by atoms with E-state index in [0.717, 1.165) is 16.6 Å². The maximum Gasteiger partial charge on any atom is 0.165 e. The first-order chi connectivity index (χ1) is 12.3. The van der Waals surface area contributed by atoms with Crippen LogP contribution in [0.2, 0.25) is 0 Å². The maximum absolute atomic E-state index is 9.40. The van der Waals surface area contributed by atoms with Crippen molar-refractivity contribution in [3.63, 3.8) is 0 Å². The molecule has 4 nitrogen and oxygen atoms in total. The molecule has 0 amide bonds. The van der Waals surface area contributed by atoms with E-state index >= 15 is 0 Å². The van der Waals surface area contributed by atoms with Gasteiger partial charge in [-0.1, -0.05) is 36.4 Å². The minimum absolute atomic E-state index is 0.0526. The predicted octanol–water partition coefficient (Wildman–Crippen LogP) is 4.33. The van der Waals surface area contributed by atoms with Crippen LogP contribution in [-0.2, 0) is 13.3 Å². The highest BCUT2D eigenvalue weighted by molar-refractivity contribution is 6.07. The van der Waals surface area contributed by atoms with Gasteiger partial charge in [0, 0.05) is 16.8 Å². The van der Waals surface area contributed by atoms with E-state index in [1.165, 1.54) is 10.8 Å². The van der Waals surface area contributed by atoms with Gasteiger partial charge in [0.1, 0.15) is 11.5 Å². The second-order valence-corrected chi connectivity index (χ2v) is 5.91. The molecule has 0 saturated heterocycles. The van der Waals surface area contributed by atoms with Crippen molar-refractivity contribution < 1.29 is 14.6 Å². The quantitative estimate of drug-likeness (QED) is 0.591. The van der Waals surface area contributed by atoms with E-state index in [0.29, 0.717) is 18.2 Å². The number of aromatic nitrogens is 1. The molecule has 0 radical (unpaired) electrons. The van der Waals surface area contributed by atoms with Crippen LogP contribution in [0.1, 0.15) is 5.56 Å². The summed E-state index contributed by atoms with van der Waals surface area (Å²) in [5, 5.41) is 11.8. The van der Waals surface area contributed by atoms with Gasteiger partial charge in [-0.3, -0.25) is 0 Å². The van der Waals surface area contributed by atoms with Gasteiger partial charge in [-0.15, -0.1) is 0 Å². The third-order valence-corrected chi connectivity index (χ3v) is 4.40. The van der Waals surface area contributed by atoms with Crippen LogP contribution in [0.15, 0.2) is 66.7 Å². The van der Waals surface area contributed by atoms with Crippen molar-refractivity contribution in [1.29, 1.82) is 0 Å². The normalized spacial score (nSPS) is 11.1. The highest BCUT2D eigenvalue weighted by Gasteiger charge is 2.10. The third-order valence-electron chi connectivity index (χ3n) is 4.40. The standard InChI is InChI=1S/C21H19NO3/c1-24-16-10-15(13-23)11-17(12-16)25-14-22-20-8-4-2-6-18(20)19-7-3-5-9-21(19)22/h2-12,23H,13-14H2,1H3. The molecular weight excluding hydrogens is 314 g/mol. The monoisotopic (exact) mass is 333 g/mol. The molecule has 0 spiro atoms. The summed E-state index contributed by atoms with van der Waals surface area (Å²) in [4.78, 5) is 0. The molecule has 126 valence electrons. The zero-order valence-electron chi connectivity index (χ0n) is 14.0. The van der Waals surface area contributed by atoms with Crippen molar-refractivity contribution in [1.82, 2.24) is 4.57 Å². The van der Waals surface area contributed by atoms with Crippen molar-refractivity contribution in [3.8, 4) is 11.5 Å². The number of fused-ring (bicyclic) bond motifs is 3. The number of methoxy groups -OCH3 is 1. The first kappa shape index (κ1) is 15.5. The Morgan fingerprint density at radius 1 is 0.840 bits per heavy atom. The topological polar surface area (TPSA) is 43.6 Å². The van der Waals surface area contributed by atoms with E-state index in [-0.39, 0.29) is 6.61 Å². The van der Waals surface area contributed by atoms with Gasteiger partial charge in [0.2, 0.25) is 0 Å². The van der Waals surface area contributed by atoms with Crippen molar-refractivity contribution >= 4 is 21.8 Å². The average molecular weight is 333 g/mol. The van der Waals surface area contributed by atoms with Gasteiger partial charge in [0.15, 0.2) is 6.73 Å². The Bertz CT molecular complexity index is 960. The minimum Gasteiger partial charge on any atom is -0.497 e. The molecule has 0 aliphatic rings. The number of para-hydroxylation sites is 2. The van der Waals surface area contributed by atoms with Crippen LogP contribution >= 0.6 is 0 Å². The van der Waals surface area contributed by atoms with E-state index in [1.54, 1.807) is 13.2 Å². The molecular formula is C21H19NO3. The van der Waals surface area contributed by atoms with Crippen LogP contribution in [0.4, 0.5) is 0 Å². The summed E-state index contributed by atoms with van der Waals surface area (Å²) in [6.45, 7) is 0.328. The smallest absolute Gasteiger partial charge is 0.165 e. The molecule has 0 atom stereocenters. The largest absolute Gasteiger partial charge is 0.497 e. The molecule has 0 aliphatic carbocycles. The summed E-state index contributed by atoms with van der Waals surface area (Å²) >= 11 is 0. The molecule has 0 bridgehead atoms. The lowest BCUT2D eigenvalue weighted by Crippen LogP contribution is -2.05. The molecule has 0 unspecified atom stereocenters. The van der Waals surface area contributed by atoms with Crippen LogP contribution in [-0.4, -0.2) is 16.8 Å². The van der Waals surface area contributed by atoms with Crippen molar-refractivity contribution in [2.75, 3.05) is 7.11 Å². The summed E-state index contributed by atoms with van der Waals surface area (Å²) in [6.07, 6.45) is 0. The second-order valence-electron chi connectivity index (χ2n) is 5.91. The van der Waals surface area contributed by atoms with Crippen LogP contribution in [0, 0.1) is 0 Å². The lowest BCUT2D eigenvalue weighted by Gasteiger charge is -2.12. The van der Waals surface area contributed by atoms with E-state index in [9.17, 15) is 5.11 Å². The molecule has 0 fully saturated rings. The number of hydrogen-bond donors (Lipinski definition) is 1. The van der Waals surface area contributed by atoms with Crippen molar-refractivity contribution in [2.45, 2.75) is 13.3 Å². The lowest BCUT2D eigenvalue weighted by molar-refractivity contribution is 0.242. The lowest BCUT2D eigenvalue weighted by atomic mass is 10.2. The number of hydrogen-bond acceptors (Lipinski definition) is 3. The first-order valence-corrected chi connectivity index (χ1v) is 8.18. The Morgan fingerprint density at radius 2 is 1.44 bits per heavy atom. The molecule has 1 heterocycles. The van der Waals surface area contributed by atoms with Crippen LogP contribution in [0.3, 0.4) is 0 Å². The number of ether oxygens (including phenoxy) is 2. The molecule has 1 aromatic heterocycles. The molecule has 0 aliphatic heterocycles. The summed E-state index contributed by atoms with van der Waals surface area (Å²) < 4.78 is 13.5. The van der Waals surface area contributed by atoms with Crippen molar-refractivity contribution in [2.24, 2.45) is 0 Å². The van der Waals surface area contributed by atoms with Gasteiger partial charge in [-0.25, -0.2) is 0 Å². The Balaban J connectivity index is 1.74. The number of aliphatic hydroxyl groups excluding tert-OH is 1. The first-order valence-electron chi connectivity index (χ1n) is 8.18. The van der Waals surface area contributed by atoms with Crippen LogP contribution in [0.25, 0.3) is 21.8 Å².